The standard InChI is InChI=1S/C14H20N4S.ClH/c1-17-10-12(9-16-17)14-4-3-13(19-14)11-18-7-2-5-15-6-8-18;/h3-4,9-10,15H,2,5-8,11H2,1H3;1H. The molecule has 6 heteroatoms. The van der Waals surface area contributed by atoms with E-state index in [2.05, 4.69) is 33.6 Å². The summed E-state index contributed by atoms with van der Waals surface area (Å²) in [6, 6.07) is 4.47. The predicted molar refractivity (Wildman–Crippen MR) is 86.5 cm³/mol. The second-order valence-electron chi connectivity index (χ2n) is 5.05. The van der Waals surface area contributed by atoms with Crippen LogP contribution in [0.3, 0.4) is 0 Å². The highest BCUT2D eigenvalue weighted by Gasteiger charge is 2.11. The van der Waals surface area contributed by atoms with E-state index in [1.807, 2.05) is 29.3 Å². The Labute approximate surface area is 130 Å². The van der Waals surface area contributed by atoms with Gasteiger partial charge in [-0.15, -0.1) is 23.7 Å². The molecule has 0 saturated carbocycles. The van der Waals surface area contributed by atoms with Crippen molar-refractivity contribution in [1.29, 1.82) is 0 Å². The van der Waals surface area contributed by atoms with E-state index in [1.165, 1.54) is 28.3 Å². The van der Waals surface area contributed by atoms with Crippen LogP contribution >= 0.6 is 23.7 Å². The SMILES string of the molecule is Cl.Cn1cc(-c2ccc(CN3CCCNCC3)s2)cn1. The number of nitrogens with one attached hydrogen (secondary N) is 1. The van der Waals surface area contributed by atoms with E-state index >= 15 is 0 Å². The van der Waals surface area contributed by atoms with Crippen molar-refractivity contribution in [2.75, 3.05) is 26.2 Å². The van der Waals surface area contributed by atoms with Crippen LogP contribution in [0, 0.1) is 0 Å². The molecular weight excluding hydrogens is 292 g/mol. The van der Waals surface area contributed by atoms with Gasteiger partial charge in [-0.3, -0.25) is 9.58 Å². The summed E-state index contributed by atoms with van der Waals surface area (Å²) >= 11 is 1.88. The van der Waals surface area contributed by atoms with Gasteiger partial charge in [0.1, 0.15) is 0 Å². The smallest absolute Gasteiger partial charge is 0.0576 e. The van der Waals surface area contributed by atoms with Gasteiger partial charge in [-0.25, -0.2) is 0 Å². The molecule has 0 amide bonds. The van der Waals surface area contributed by atoms with Gasteiger partial charge in [0.05, 0.1) is 6.20 Å². The van der Waals surface area contributed by atoms with Crippen LogP contribution in [0.1, 0.15) is 11.3 Å². The molecule has 0 bridgehead atoms. The first-order valence-electron chi connectivity index (χ1n) is 6.82. The van der Waals surface area contributed by atoms with Crippen molar-refractivity contribution in [3.8, 4) is 10.4 Å². The maximum atomic E-state index is 4.23. The molecule has 4 nitrogen and oxygen atoms in total. The van der Waals surface area contributed by atoms with Gasteiger partial charge < -0.3 is 5.32 Å². The molecule has 110 valence electrons. The third-order valence-corrected chi connectivity index (χ3v) is 4.58. The summed E-state index contributed by atoms with van der Waals surface area (Å²) in [6.45, 7) is 5.70. The summed E-state index contributed by atoms with van der Waals surface area (Å²) < 4.78 is 1.86. The van der Waals surface area contributed by atoms with Crippen LogP contribution in [0.5, 0.6) is 0 Å². The van der Waals surface area contributed by atoms with Crippen molar-refractivity contribution in [1.82, 2.24) is 20.0 Å². The lowest BCUT2D eigenvalue weighted by Gasteiger charge is -2.17. The lowest BCUT2D eigenvalue weighted by atomic mass is 10.3. The Bertz CT molecular complexity index is 529. The number of thiophene rings is 1. The molecule has 20 heavy (non-hydrogen) atoms. The average molecular weight is 313 g/mol. The molecule has 2 aromatic rings. The minimum absolute atomic E-state index is 0. The second-order valence-corrected chi connectivity index (χ2v) is 6.22. The third-order valence-electron chi connectivity index (χ3n) is 3.46. The maximum absolute atomic E-state index is 4.23. The summed E-state index contributed by atoms with van der Waals surface area (Å²) in [5, 5.41) is 7.68. The fraction of sp³-hybridized carbons (Fsp3) is 0.500. The number of aryl methyl sites for hydroxylation is 1. The fourth-order valence-corrected chi connectivity index (χ4v) is 3.47. The molecule has 0 radical (unpaired) electrons. The van der Waals surface area contributed by atoms with Crippen molar-refractivity contribution in [2.45, 2.75) is 13.0 Å². The summed E-state index contributed by atoms with van der Waals surface area (Å²) in [5.74, 6) is 0. The number of rotatable bonds is 3. The Hall–Kier alpha value is -0.880. The van der Waals surface area contributed by atoms with Gasteiger partial charge in [0.25, 0.3) is 0 Å². The number of nitrogens with zero attached hydrogens (tertiary/aromatic N) is 3. The minimum atomic E-state index is 0. The largest absolute Gasteiger partial charge is 0.315 e. The molecule has 0 aromatic carbocycles. The lowest BCUT2D eigenvalue weighted by molar-refractivity contribution is 0.287. The van der Waals surface area contributed by atoms with Gasteiger partial charge >= 0.3 is 0 Å². The van der Waals surface area contributed by atoms with Gasteiger partial charge in [0, 0.05) is 48.2 Å². The normalized spacial score (nSPS) is 16.6. The zero-order valence-corrected chi connectivity index (χ0v) is 13.3. The van der Waals surface area contributed by atoms with E-state index in [0.717, 1.165) is 26.2 Å². The molecule has 0 unspecified atom stereocenters. The molecule has 1 saturated heterocycles. The Morgan fingerprint density at radius 1 is 1.30 bits per heavy atom. The van der Waals surface area contributed by atoms with Gasteiger partial charge in [-0.05, 0) is 31.6 Å². The molecule has 1 N–H and O–H groups in total. The molecule has 1 aliphatic rings. The molecule has 0 aliphatic carbocycles. The zero-order chi connectivity index (χ0) is 13.1. The summed E-state index contributed by atoms with van der Waals surface area (Å²) in [7, 11) is 1.96. The number of halogens is 1. The summed E-state index contributed by atoms with van der Waals surface area (Å²) in [6.07, 6.45) is 5.26. The van der Waals surface area contributed by atoms with Crippen LogP contribution in [0.2, 0.25) is 0 Å². The first-order chi connectivity index (χ1) is 9.31. The number of hydrogen-bond acceptors (Lipinski definition) is 4. The number of hydrogen-bond donors (Lipinski definition) is 1. The van der Waals surface area contributed by atoms with E-state index in [0.29, 0.717) is 0 Å². The monoisotopic (exact) mass is 312 g/mol. The van der Waals surface area contributed by atoms with Crippen molar-refractivity contribution in [2.24, 2.45) is 7.05 Å². The summed E-state index contributed by atoms with van der Waals surface area (Å²) in [5.41, 5.74) is 1.22. The van der Waals surface area contributed by atoms with Crippen LogP contribution in [0.4, 0.5) is 0 Å². The highest BCUT2D eigenvalue weighted by atomic mass is 35.5. The van der Waals surface area contributed by atoms with Crippen molar-refractivity contribution < 1.29 is 0 Å². The maximum Gasteiger partial charge on any atom is 0.0576 e. The van der Waals surface area contributed by atoms with Crippen LogP contribution < -0.4 is 5.32 Å². The van der Waals surface area contributed by atoms with Crippen LogP contribution in [0.25, 0.3) is 10.4 Å². The van der Waals surface area contributed by atoms with E-state index in [1.54, 1.807) is 0 Å². The van der Waals surface area contributed by atoms with Crippen molar-refractivity contribution in [3.63, 3.8) is 0 Å². The third kappa shape index (κ3) is 3.82. The zero-order valence-electron chi connectivity index (χ0n) is 11.7. The van der Waals surface area contributed by atoms with E-state index in [-0.39, 0.29) is 12.4 Å². The molecule has 1 fully saturated rings. The summed E-state index contributed by atoms with van der Waals surface area (Å²) in [4.78, 5) is 5.30. The first kappa shape index (κ1) is 15.5. The molecular formula is C14H21ClN4S. The van der Waals surface area contributed by atoms with Gasteiger partial charge in [-0.1, -0.05) is 0 Å². The molecule has 0 atom stereocenters. The van der Waals surface area contributed by atoms with Gasteiger partial charge in [0.15, 0.2) is 0 Å². The Balaban J connectivity index is 0.00000147. The van der Waals surface area contributed by atoms with Crippen LogP contribution in [0.15, 0.2) is 24.5 Å². The molecule has 3 heterocycles. The van der Waals surface area contributed by atoms with E-state index in [9.17, 15) is 0 Å². The molecule has 2 aromatic heterocycles. The Morgan fingerprint density at radius 2 is 2.20 bits per heavy atom. The fourth-order valence-electron chi connectivity index (χ4n) is 2.45. The lowest BCUT2D eigenvalue weighted by Crippen LogP contribution is -2.27. The van der Waals surface area contributed by atoms with Crippen molar-refractivity contribution >= 4 is 23.7 Å². The highest BCUT2D eigenvalue weighted by molar-refractivity contribution is 7.15. The van der Waals surface area contributed by atoms with E-state index < -0.39 is 0 Å². The number of aromatic nitrogens is 2. The van der Waals surface area contributed by atoms with E-state index in [4.69, 9.17) is 0 Å². The average Bonchev–Trinajstić information content (AvgIpc) is 2.94. The Morgan fingerprint density at radius 3 is 3.00 bits per heavy atom. The van der Waals surface area contributed by atoms with Gasteiger partial charge in [-0.2, -0.15) is 5.10 Å². The first-order valence-corrected chi connectivity index (χ1v) is 7.64. The van der Waals surface area contributed by atoms with Crippen LogP contribution in [-0.4, -0.2) is 40.9 Å². The van der Waals surface area contributed by atoms with Gasteiger partial charge in [0.2, 0.25) is 0 Å². The van der Waals surface area contributed by atoms with Crippen LogP contribution in [-0.2, 0) is 13.6 Å². The highest BCUT2D eigenvalue weighted by Crippen LogP contribution is 2.28. The minimum Gasteiger partial charge on any atom is -0.315 e. The quantitative estimate of drug-likeness (QED) is 0.944. The topological polar surface area (TPSA) is 33.1 Å². The second kappa shape index (κ2) is 7.22. The van der Waals surface area contributed by atoms with Crippen molar-refractivity contribution in [3.05, 3.63) is 29.4 Å². The predicted octanol–water partition coefficient (Wildman–Crippen LogP) is 2.37. The molecule has 3 rings (SSSR count). The Kier molecular flexibility index (Phi) is 5.60. The molecule has 0 spiro atoms. The molecule has 1 aliphatic heterocycles.